The minimum atomic E-state index is -0.267. The molecule has 0 fully saturated rings. The minimum Gasteiger partial charge on any atom is -0.396 e. The van der Waals surface area contributed by atoms with Crippen molar-refractivity contribution in [3.05, 3.63) is 29.7 Å². The number of hydrogen-bond acceptors (Lipinski definition) is 3. The molecule has 2 rings (SSSR count). The van der Waals surface area contributed by atoms with Crippen LogP contribution < -0.4 is 11.1 Å². The fraction of sp³-hybridized carbons (Fsp3) is 0.250. The van der Waals surface area contributed by atoms with E-state index in [2.05, 4.69) is 10.3 Å². The van der Waals surface area contributed by atoms with Crippen molar-refractivity contribution in [2.75, 3.05) is 17.6 Å². The number of aryl methyl sites for hydroxylation is 1. The smallest absolute Gasteiger partial charge is 0.124 e. The molecule has 1 aromatic heterocycles. The Morgan fingerprint density at radius 3 is 2.88 bits per heavy atom. The molecule has 3 nitrogen and oxygen atoms in total. The largest absolute Gasteiger partial charge is 0.396 e. The number of pyridine rings is 1. The molecule has 16 heavy (non-hydrogen) atoms. The Labute approximate surface area is 93.5 Å². The maximum absolute atomic E-state index is 13.4. The summed E-state index contributed by atoms with van der Waals surface area (Å²) < 4.78 is 13.4. The standard InChI is InChI=1S/C12H14FN3/c1-3-15-12-9-5-8(13)4-7(2)11(9)16-6-10(12)14/h4-6H,3,14H2,1-2H3,(H,15,16). The van der Waals surface area contributed by atoms with E-state index in [0.29, 0.717) is 5.69 Å². The van der Waals surface area contributed by atoms with E-state index in [-0.39, 0.29) is 5.82 Å². The fourth-order valence-electron chi connectivity index (χ4n) is 1.83. The molecular formula is C12H14FN3. The Morgan fingerprint density at radius 1 is 1.44 bits per heavy atom. The van der Waals surface area contributed by atoms with Gasteiger partial charge in [-0.1, -0.05) is 0 Å². The molecule has 4 heteroatoms. The van der Waals surface area contributed by atoms with Crippen molar-refractivity contribution in [3.8, 4) is 0 Å². The number of fused-ring (bicyclic) bond motifs is 1. The molecule has 0 aliphatic rings. The number of anilines is 2. The Kier molecular flexibility index (Phi) is 2.64. The van der Waals surface area contributed by atoms with Crippen LogP contribution in [0, 0.1) is 12.7 Å². The predicted molar refractivity (Wildman–Crippen MR) is 65.0 cm³/mol. The van der Waals surface area contributed by atoms with Crippen LogP contribution in [0.25, 0.3) is 10.9 Å². The van der Waals surface area contributed by atoms with Gasteiger partial charge >= 0.3 is 0 Å². The molecule has 0 bridgehead atoms. The number of benzene rings is 1. The van der Waals surface area contributed by atoms with Gasteiger partial charge in [0.1, 0.15) is 5.82 Å². The van der Waals surface area contributed by atoms with Gasteiger partial charge in [-0.2, -0.15) is 0 Å². The van der Waals surface area contributed by atoms with E-state index in [0.717, 1.165) is 28.7 Å². The number of nitrogens with zero attached hydrogens (tertiary/aromatic N) is 1. The lowest BCUT2D eigenvalue weighted by molar-refractivity contribution is 0.628. The number of hydrogen-bond donors (Lipinski definition) is 2. The first-order chi connectivity index (χ1) is 7.63. The van der Waals surface area contributed by atoms with Gasteiger partial charge in [-0.25, -0.2) is 4.39 Å². The highest BCUT2D eigenvalue weighted by atomic mass is 19.1. The summed E-state index contributed by atoms with van der Waals surface area (Å²) in [5.74, 6) is -0.267. The summed E-state index contributed by atoms with van der Waals surface area (Å²) in [6.45, 7) is 4.54. The summed E-state index contributed by atoms with van der Waals surface area (Å²) >= 11 is 0. The van der Waals surface area contributed by atoms with E-state index in [1.54, 1.807) is 6.20 Å². The average molecular weight is 219 g/mol. The average Bonchev–Trinajstić information content (AvgIpc) is 2.22. The van der Waals surface area contributed by atoms with Crippen molar-refractivity contribution < 1.29 is 4.39 Å². The zero-order valence-electron chi connectivity index (χ0n) is 9.34. The van der Waals surface area contributed by atoms with Gasteiger partial charge in [-0.15, -0.1) is 0 Å². The van der Waals surface area contributed by atoms with E-state index in [1.807, 2.05) is 13.8 Å². The van der Waals surface area contributed by atoms with Gasteiger partial charge < -0.3 is 11.1 Å². The summed E-state index contributed by atoms with van der Waals surface area (Å²) in [7, 11) is 0. The summed E-state index contributed by atoms with van der Waals surface area (Å²) in [5.41, 5.74) is 8.72. The third kappa shape index (κ3) is 1.66. The Hall–Kier alpha value is -1.84. The summed E-state index contributed by atoms with van der Waals surface area (Å²) in [4.78, 5) is 4.23. The maximum atomic E-state index is 13.4. The molecular weight excluding hydrogens is 205 g/mol. The number of aromatic nitrogens is 1. The molecule has 0 saturated carbocycles. The van der Waals surface area contributed by atoms with Gasteiger partial charge in [-0.3, -0.25) is 4.98 Å². The Balaban J connectivity index is 2.80. The number of nitrogens with one attached hydrogen (secondary N) is 1. The predicted octanol–water partition coefficient (Wildman–Crippen LogP) is 2.70. The second-order valence-corrected chi connectivity index (χ2v) is 3.74. The first-order valence-corrected chi connectivity index (χ1v) is 5.21. The fourth-order valence-corrected chi connectivity index (χ4v) is 1.83. The first-order valence-electron chi connectivity index (χ1n) is 5.21. The lowest BCUT2D eigenvalue weighted by atomic mass is 10.1. The monoisotopic (exact) mass is 219 g/mol. The molecule has 3 N–H and O–H groups in total. The number of nitrogen functional groups attached to an aromatic ring is 1. The lowest BCUT2D eigenvalue weighted by Crippen LogP contribution is -2.03. The van der Waals surface area contributed by atoms with Crippen LogP contribution in [-0.2, 0) is 0 Å². The van der Waals surface area contributed by atoms with Gasteiger partial charge in [0, 0.05) is 11.9 Å². The van der Waals surface area contributed by atoms with E-state index < -0.39 is 0 Å². The molecule has 0 saturated heterocycles. The maximum Gasteiger partial charge on any atom is 0.124 e. The molecule has 0 radical (unpaired) electrons. The van der Waals surface area contributed by atoms with Gasteiger partial charge in [-0.05, 0) is 31.5 Å². The number of halogens is 1. The highest BCUT2D eigenvalue weighted by Gasteiger charge is 2.09. The second kappa shape index (κ2) is 3.96. The first kappa shape index (κ1) is 10.7. The van der Waals surface area contributed by atoms with Gasteiger partial charge in [0.05, 0.1) is 23.1 Å². The van der Waals surface area contributed by atoms with Gasteiger partial charge in [0.2, 0.25) is 0 Å². The molecule has 0 spiro atoms. The Morgan fingerprint density at radius 2 is 2.19 bits per heavy atom. The summed E-state index contributed by atoms with van der Waals surface area (Å²) in [6.07, 6.45) is 1.60. The molecule has 84 valence electrons. The minimum absolute atomic E-state index is 0.267. The van der Waals surface area contributed by atoms with Crippen molar-refractivity contribution in [1.29, 1.82) is 0 Å². The number of rotatable bonds is 2. The molecule has 0 aliphatic heterocycles. The van der Waals surface area contributed by atoms with Crippen LogP contribution in [0.15, 0.2) is 18.3 Å². The van der Waals surface area contributed by atoms with Crippen molar-refractivity contribution in [2.45, 2.75) is 13.8 Å². The third-order valence-corrected chi connectivity index (χ3v) is 2.51. The molecule has 2 aromatic rings. The van der Waals surface area contributed by atoms with Crippen molar-refractivity contribution >= 4 is 22.3 Å². The topological polar surface area (TPSA) is 50.9 Å². The SMILES string of the molecule is CCNc1c(N)cnc2c(C)cc(F)cc12. The van der Waals surface area contributed by atoms with Crippen LogP contribution in [0.5, 0.6) is 0 Å². The lowest BCUT2D eigenvalue weighted by Gasteiger charge is -2.11. The van der Waals surface area contributed by atoms with Crippen LogP contribution in [0.3, 0.4) is 0 Å². The van der Waals surface area contributed by atoms with Crippen molar-refractivity contribution in [1.82, 2.24) is 4.98 Å². The summed E-state index contributed by atoms with van der Waals surface area (Å²) in [5, 5.41) is 3.88. The van der Waals surface area contributed by atoms with E-state index in [9.17, 15) is 4.39 Å². The van der Waals surface area contributed by atoms with Gasteiger partial charge in [0.25, 0.3) is 0 Å². The molecule has 0 amide bonds. The quantitative estimate of drug-likeness (QED) is 0.816. The van der Waals surface area contributed by atoms with Crippen LogP contribution in [0.4, 0.5) is 15.8 Å². The van der Waals surface area contributed by atoms with Gasteiger partial charge in [0.15, 0.2) is 0 Å². The molecule has 0 atom stereocenters. The zero-order chi connectivity index (χ0) is 11.7. The highest BCUT2D eigenvalue weighted by molar-refractivity contribution is 5.98. The van der Waals surface area contributed by atoms with E-state index in [1.165, 1.54) is 12.1 Å². The molecule has 0 aliphatic carbocycles. The van der Waals surface area contributed by atoms with Crippen molar-refractivity contribution in [2.24, 2.45) is 0 Å². The van der Waals surface area contributed by atoms with Crippen LogP contribution in [-0.4, -0.2) is 11.5 Å². The Bertz CT molecular complexity index is 537. The van der Waals surface area contributed by atoms with Crippen molar-refractivity contribution in [3.63, 3.8) is 0 Å². The third-order valence-electron chi connectivity index (χ3n) is 2.51. The molecule has 1 heterocycles. The zero-order valence-corrected chi connectivity index (χ0v) is 9.34. The van der Waals surface area contributed by atoms with Crippen LogP contribution >= 0.6 is 0 Å². The normalized spacial score (nSPS) is 10.7. The highest BCUT2D eigenvalue weighted by Crippen LogP contribution is 2.30. The molecule has 1 aromatic carbocycles. The van der Waals surface area contributed by atoms with E-state index in [4.69, 9.17) is 5.73 Å². The number of nitrogens with two attached hydrogens (primary N) is 1. The second-order valence-electron chi connectivity index (χ2n) is 3.74. The summed E-state index contributed by atoms with van der Waals surface area (Å²) in [6, 6.07) is 2.94. The van der Waals surface area contributed by atoms with E-state index >= 15 is 0 Å². The van der Waals surface area contributed by atoms with Crippen LogP contribution in [0.2, 0.25) is 0 Å². The van der Waals surface area contributed by atoms with Crippen LogP contribution in [0.1, 0.15) is 12.5 Å². The molecule has 0 unspecified atom stereocenters.